The molecule has 2 aromatic heterocycles. The van der Waals surface area contributed by atoms with E-state index in [1.807, 2.05) is 6.07 Å². The summed E-state index contributed by atoms with van der Waals surface area (Å²) in [6.07, 6.45) is 5.35. The molecule has 38 heavy (non-hydrogen) atoms. The van der Waals surface area contributed by atoms with Gasteiger partial charge in [0.2, 0.25) is 0 Å². The summed E-state index contributed by atoms with van der Waals surface area (Å²) in [6, 6.07) is 8.66. The first kappa shape index (κ1) is 26.6. The van der Waals surface area contributed by atoms with Gasteiger partial charge in [0, 0.05) is 19.0 Å². The molecule has 1 aromatic carbocycles. The first-order valence-electron chi connectivity index (χ1n) is 11.9. The average Bonchev–Trinajstić information content (AvgIpc) is 3.43. The monoisotopic (exact) mass is 520 g/mol. The first-order chi connectivity index (χ1) is 18.1. The number of amides is 2. The number of nitrogens with zero attached hydrogens (tertiary/aromatic N) is 4. The van der Waals surface area contributed by atoms with Crippen LogP contribution < -0.4 is 10.6 Å². The van der Waals surface area contributed by atoms with E-state index >= 15 is 0 Å². The van der Waals surface area contributed by atoms with E-state index in [1.165, 1.54) is 19.6 Å². The third kappa shape index (κ3) is 5.90. The predicted molar refractivity (Wildman–Crippen MR) is 136 cm³/mol. The Bertz CT molecular complexity index is 1380. The van der Waals surface area contributed by atoms with Crippen molar-refractivity contribution in [2.45, 2.75) is 51.7 Å². The maximum atomic E-state index is 12.7. The molecular weight excluding hydrogens is 492 g/mol. The number of rotatable bonds is 6. The highest BCUT2D eigenvalue weighted by molar-refractivity contribution is 6.06. The summed E-state index contributed by atoms with van der Waals surface area (Å²) in [4.78, 5) is 49.7. The van der Waals surface area contributed by atoms with E-state index in [4.69, 9.17) is 20.6 Å². The Morgan fingerprint density at radius 2 is 1.89 bits per heavy atom. The van der Waals surface area contributed by atoms with Gasteiger partial charge in [-0.1, -0.05) is 24.1 Å². The number of fused-ring (bicyclic) bond motifs is 1. The number of anilines is 1. The molecule has 12 heteroatoms. The van der Waals surface area contributed by atoms with Gasteiger partial charge >= 0.3 is 12.1 Å². The number of carbonyl (C=O) groups excluding carboxylic acids is 3. The van der Waals surface area contributed by atoms with Gasteiger partial charge in [0.1, 0.15) is 11.9 Å². The van der Waals surface area contributed by atoms with Crippen LogP contribution in [0, 0.1) is 18.3 Å². The van der Waals surface area contributed by atoms with Crippen LogP contribution in [-0.2, 0) is 19.0 Å². The standard InChI is InChI=1S/C26H28N6O6/c1-6-17-18(12-27-25(35)38-26(3,4)5)37-24(20(17)36-15(2)33)32-14-30-19-21(28-13-29-22(19)32)31-23(34)16-10-8-7-9-11-16/h1,7-11,13-14,17-18,20,24H,12H2,2-5H3,(H,27,35)(H,28,29,31,34)/t17?,18-,20?,24-/m1/s1. The number of imidazole rings is 1. The molecule has 0 aliphatic carbocycles. The van der Waals surface area contributed by atoms with Crippen LogP contribution in [0.1, 0.15) is 44.3 Å². The summed E-state index contributed by atoms with van der Waals surface area (Å²) < 4.78 is 18.6. The predicted octanol–water partition coefficient (Wildman–Crippen LogP) is 2.68. The van der Waals surface area contributed by atoms with Crippen LogP contribution in [-0.4, -0.2) is 61.8 Å². The van der Waals surface area contributed by atoms with E-state index in [0.29, 0.717) is 16.7 Å². The molecule has 3 aromatic rings. The molecule has 198 valence electrons. The number of carbonyl (C=O) groups is 3. The number of hydrogen-bond acceptors (Lipinski definition) is 9. The topological polar surface area (TPSA) is 147 Å². The Morgan fingerprint density at radius 1 is 1.16 bits per heavy atom. The zero-order valence-electron chi connectivity index (χ0n) is 21.4. The summed E-state index contributed by atoms with van der Waals surface area (Å²) in [6.45, 7) is 6.52. The number of ether oxygens (including phenoxy) is 3. The summed E-state index contributed by atoms with van der Waals surface area (Å²) >= 11 is 0. The molecular formula is C26H28N6O6. The van der Waals surface area contributed by atoms with Gasteiger partial charge in [-0.15, -0.1) is 6.42 Å². The second-order valence-corrected chi connectivity index (χ2v) is 9.58. The lowest BCUT2D eigenvalue weighted by molar-refractivity contribution is -0.152. The smallest absolute Gasteiger partial charge is 0.407 e. The third-order valence-electron chi connectivity index (χ3n) is 5.59. The highest BCUT2D eigenvalue weighted by Gasteiger charge is 2.47. The maximum absolute atomic E-state index is 12.7. The molecule has 12 nitrogen and oxygen atoms in total. The van der Waals surface area contributed by atoms with Crippen LogP contribution in [0.3, 0.4) is 0 Å². The molecule has 1 aliphatic heterocycles. The van der Waals surface area contributed by atoms with Gasteiger partial charge < -0.3 is 24.8 Å². The van der Waals surface area contributed by atoms with Crippen LogP contribution >= 0.6 is 0 Å². The van der Waals surface area contributed by atoms with Crippen LogP contribution in [0.5, 0.6) is 0 Å². The van der Waals surface area contributed by atoms with Gasteiger partial charge in [0.15, 0.2) is 29.3 Å². The van der Waals surface area contributed by atoms with Crippen LogP contribution in [0.2, 0.25) is 0 Å². The van der Waals surface area contributed by atoms with Gasteiger partial charge in [-0.2, -0.15) is 0 Å². The normalized spacial score (nSPS) is 20.9. The lowest BCUT2D eigenvalue weighted by Gasteiger charge is -2.21. The van der Waals surface area contributed by atoms with E-state index in [2.05, 4.69) is 31.5 Å². The number of benzene rings is 1. The SMILES string of the molecule is C#CC1C(OC(C)=O)[C@H](n2cnc3c(NC(=O)c4ccccc4)ncnc32)O[C@@H]1CNC(=O)OC(C)(C)C. The van der Waals surface area contributed by atoms with Crippen LogP contribution in [0.25, 0.3) is 11.2 Å². The molecule has 1 fully saturated rings. The fraction of sp³-hybridized carbons (Fsp3) is 0.385. The minimum absolute atomic E-state index is 0.0119. The molecule has 2 unspecified atom stereocenters. The first-order valence-corrected chi connectivity index (χ1v) is 11.9. The average molecular weight is 521 g/mol. The van der Waals surface area contributed by atoms with Crippen LogP contribution in [0.4, 0.5) is 10.6 Å². The van der Waals surface area contributed by atoms with E-state index in [-0.39, 0.29) is 18.3 Å². The van der Waals surface area contributed by atoms with Crippen molar-refractivity contribution in [2.24, 2.45) is 5.92 Å². The van der Waals surface area contributed by atoms with Gasteiger partial charge in [0.25, 0.3) is 5.91 Å². The van der Waals surface area contributed by atoms with Crippen molar-refractivity contribution in [3.63, 3.8) is 0 Å². The number of nitrogens with one attached hydrogen (secondary N) is 2. The van der Waals surface area contributed by atoms with Gasteiger partial charge in [-0.05, 0) is 32.9 Å². The fourth-order valence-corrected chi connectivity index (χ4v) is 4.05. The summed E-state index contributed by atoms with van der Waals surface area (Å²) in [5.74, 6) is 1.20. The van der Waals surface area contributed by atoms with E-state index in [9.17, 15) is 14.4 Å². The molecule has 2 amide bonds. The minimum atomic E-state index is -0.914. The Labute approximate surface area is 219 Å². The highest BCUT2D eigenvalue weighted by Crippen LogP contribution is 2.37. The van der Waals surface area contributed by atoms with E-state index in [0.717, 1.165) is 0 Å². The third-order valence-corrected chi connectivity index (χ3v) is 5.59. The molecule has 0 spiro atoms. The summed E-state index contributed by atoms with van der Waals surface area (Å²) in [5.41, 5.74) is 0.388. The molecule has 3 heterocycles. The Kier molecular flexibility index (Phi) is 7.59. The summed E-state index contributed by atoms with van der Waals surface area (Å²) in [7, 11) is 0. The second-order valence-electron chi connectivity index (χ2n) is 9.58. The van der Waals surface area contributed by atoms with Crippen molar-refractivity contribution in [3.05, 3.63) is 48.5 Å². The molecule has 0 radical (unpaired) electrons. The Morgan fingerprint density at radius 3 is 2.55 bits per heavy atom. The molecule has 1 saturated heterocycles. The van der Waals surface area contributed by atoms with Gasteiger partial charge in [-0.25, -0.2) is 19.7 Å². The van der Waals surface area contributed by atoms with Crippen molar-refractivity contribution in [1.29, 1.82) is 0 Å². The van der Waals surface area contributed by atoms with Crippen molar-refractivity contribution in [2.75, 3.05) is 11.9 Å². The maximum Gasteiger partial charge on any atom is 0.407 e. The molecule has 4 rings (SSSR count). The number of aromatic nitrogens is 4. The van der Waals surface area contributed by atoms with Crippen molar-refractivity contribution >= 4 is 35.0 Å². The second kappa shape index (κ2) is 10.9. The quantitative estimate of drug-likeness (QED) is 0.370. The molecule has 0 bridgehead atoms. The van der Waals surface area contributed by atoms with Crippen molar-refractivity contribution in [1.82, 2.24) is 24.8 Å². The van der Waals surface area contributed by atoms with Gasteiger partial charge in [-0.3, -0.25) is 14.2 Å². The summed E-state index contributed by atoms with van der Waals surface area (Å²) in [5, 5.41) is 5.39. The largest absolute Gasteiger partial charge is 0.456 e. The zero-order chi connectivity index (χ0) is 27.4. The number of alkyl carbamates (subject to hydrolysis) is 1. The van der Waals surface area contributed by atoms with Crippen LogP contribution in [0.15, 0.2) is 43.0 Å². The number of hydrogen-bond donors (Lipinski definition) is 2. The van der Waals surface area contributed by atoms with Crippen molar-refractivity contribution < 1.29 is 28.6 Å². The van der Waals surface area contributed by atoms with Crippen molar-refractivity contribution in [3.8, 4) is 12.3 Å². The number of esters is 1. The molecule has 4 atom stereocenters. The van der Waals surface area contributed by atoms with E-state index in [1.54, 1.807) is 49.6 Å². The van der Waals surface area contributed by atoms with Gasteiger partial charge in [0.05, 0.1) is 18.3 Å². The highest BCUT2D eigenvalue weighted by atomic mass is 16.6. The molecule has 2 N–H and O–H groups in total. The zero-order valence-corrected chi connectivity index (χ0v) is 21.4. The lowest BCUT2D eigenvalue weighted by Crippen LogP contribution is -2.39. The van der Waals surface area contributed by atoms with E-state index < -0.39 is 42.0 Å². The Hall–Kier alpha value is -4.50. The lowest BCUT2D eigenvalue weighted by atomic mass is 9.98. The minimum Gasteiger partial charge on any atom is -0.456 e. The molecule has 1 aliphatic rings. The fourth-order valence-electron chi connectivity index (χ4n) is 4.05. The Balaban J connectivity index is 1.61. The number of terminal acetylenes is 1. The molecule has 0 saturated carbocycles.